The molecule has 0 nitrogen and oxygen atoms in total. The Balaban J connectivity index is -0.000000209. The van der Waals surface area contributed by atoms with Crippen LogP contribution >= 0.6 is 0 Å². The Hall–Kier alpha value is 3.04. The van der Waals surface area contributed by atoms with Gasteiger partial charge in [-0.15, -0.1) is 0 Å². The van der Waals surface area contributed by atoms with E-state index in [2.05, 4.69) is 186 Å². The minimum Gasteiger partial charge on any atom is -0.358 e. The van der Waals surface area contributed by atoms with Crippen molar-refractivity contribution >= 4 is 0 Å². The van der Waals surface area contributed by atoms with Crippen LogP contribution in [0.4, 0.5) is 0 Å². The molecule has 20 radical (unpaired) electrons. The molecule has 0 heterocycles. The van der Waals surface area contributed by atoms with Gasteiger partial charge in [0.15, 0.2) is 0 Å². The normalized spacial score (nSPS) is 20.7. The van der Waals surface area contributed by atoms with Crippen molar-refractivity contribution in [1.29, 1.82) is 0 Å². The molecule has 0 aromatic carbocycles. The zero-order valence-electron chi connectivity index (χ0n) is 27.8. The molecule has 4 rings (SSSR count). The van der Waals surface area contributed by atoms with Crippen molar-refractivity contribution < 1.29 is 93.8 Å². The summed E-state index contributed by atoms with van der Waals surface area (Å²) in [6.45, 7) is 26.7. The average Bonchev–Trinajstić information content (AvgIpc) is 3.57. The summed E-state index contributed by atoms with van der Waals surface area (Å²) < 4.78 is 0. The first-order valence-electron chi connectivity index (χ1n) is 13.3. The zero-order chi connectivity index (χ0) is 27.6. The Kier molecular flexibility index (Phi) is 29.2. The maximum atomic E-state index is 2.22. The largest absolute Gasteiger partial charge is 0.358 e. The van der Waals surface area contributed by atoms with Crippen LogP contribution in [0.1, 0.15) is 83.1 Å². The Bertz CT molecular complexity index is 438. The fraction of sp³-hybridized carbons (Fsp3) is 0.421. The number of hydrogen-bond donors (Lipinski definition) is 0. The van der Waals surface area contributed by atoms with Crippen molar-refractivity contribution in [1.82, 2.24) is 0 Å². The van der Waals surface area contributed by atoms with Gasteiger partial charge in [0.25, 0.3) is 0 Å². The van der Waals surface area contributed by atoms with E-state index in [1.165, 1.54) is 23.7 Å². The van der Waals surface area contributed by atoms with Gasteiger partial charge in [0.1, 0.15) is 0 Å². The summed E-state index contributed by atoms with van der Waals surface area (Å²) >= 11 is 0. The van der Waals surface area contributed by atoms with Gasteiger partial charge in [0.2, 0.25) is 0 Å². The van der Waals surface area contributed by atoms with Crippen LogP contribution in [0.5, 0.6) is 0 Å². The standard InChI is InChI=1S/4C9H13.2CH3.2Yb/c4*1-9(2,3)8-6-4-5-7-8;;;;/h4*4-7H,1-3H3;2*1H3;;/q;;;;2*-1;;. The molecule has 0 aromatic rings. The average molecular weight is 861 g/mol. The summed E-state index contributed by atoms with van der Waals surface area (Å²) in [5, 5.41) is 0. The molecule has 0 aromatic heterocycles. The molecule has 0 amide bonds. The molecule has 0 bridgehead atoms. The van der Waals surface area contributed by atoms with Crippen LogP contribution in [-0.4, -0.2) is 0 Å². The Morgan fingerprint density at radius 3 is 0.425 bits per heavy atom. The monoisotopic (exact) mass is 862 g/mol. The van der Waals surface area contributed by atoms with Gasteiger partial charge >= 0.3 is 0 Å². The van der Waals surface area contributed by atoms with Gasteiger partial charge in [-0.05, 0) is 148 Å². The third-order valence-corrected chi connectivity index (χ3v) is 6.11. The quantitative estimate of drug-likeness (QED) is 0.213. The van der Waals surface area contributed by atoms with Gasteiger partial charge in [-0.3, -0.25) is 0 Å². The first kappa shape index (κ1) is 49.9. The van der Waals surface area contributed by atoms with Crippen LogP contribution in [0.2, 0.25) is 0 Å². The minimum absolute atomic E-state index is 0. The van der Waals surface area contributed by atoms with Crippen molar-refractivity contribution in [2.24, 2.45) is 21.7 Å². The predicted octanol–water partition coefficient (Wildman–Crippen LogP) is 10.7. The molecule has 4 aliphatic carbocycles. The molecule has 0 N–H and O–H groups in total. The summed E-state index contributed by atoms with van der Waals surface area (Å²) in [4.78, 5) is 0. The maximum Gasteiger partial charge on any atom is 0 e. The van der Waals surface area contributed by atoms with E-state index in [1.54, 1.807) is 0 Å². The second-order valence-electron chi connectivity index (χ2n) is 13.7. The second kappa shape index (κ2) is 23.4. The molecule has 4 saturated carbocycles. The van der Waals surface area contributed by atoms with Crippen molar-refractivity contribution in [2.45, 2.75) is 83.1 Å². The van der Waals surface area contributed by atoms with Gasteiger partial charge in [-0.1, -0.05) is 83.1 Å². The van der Waals surface area contributed by atoms with Gasteiger partial charge in [0.05, 0.1) is 0 Å². The molecule has 4 aliphatic rings. The van der Waals surface area contributed by atoms with Crippen molar-refractivity contribution in [2.75, 3.05) is 0 Å². The van der Waals surface area contributed by atoms with E-state index in [9.17, 15) is 0 Å². The predicted molar refractivity (Wildman–Crippen MR) is 172 cm³/mol. The first-order chi connectivity index (χ1) is 16.4. The van der Waals surface area contributed by atoms with Gasteiger partial charge in [-0.25, -0.2) is 0 Å². The van der Waals surface area contributed by atoms with Crippen LogP contribution in [0, 0.1) is 257 Å². The molecular weight excluding hydrogens is 802 g/mol. The fourth-order valence-corrected chi connectivity index (χ4v) is 3.50. The summed E-state index contributed by atoms with van der Waals surface area (Å²) in [6, 6.07) is 0. The Labute approximate surface area is 335 Å². The second-order valence-corrected chi connectivity index (χ2v) is 13.7. The van der Waals surface area contributed by atoms with E-state index >= 15 is 0 Å². The van der Waals surface area contributed by atoms with E-state index in [-0.39, 0.29) is 109 Å². The molecule has 0 unspecified atom stereocenters. The molecule has 0 aliphatic heterocycles. The van der Waals surface area contributed by atoms with E-state index in [0.717, 1.165) is 0 Å². The Morgan fingerprint density at radius 1 is 0.275 bits per heavy atom. The first-order valence-corrected chi connectivity index (χ1v) is 13.3. The van der Waals surface area contributed by atoms with Crippen molar-refractivity contribution in [3.63, 3.8) is 0 Å². The maximum absolute atomic E-state index is 2.22. The summed E-state index contributed by atoms with van der Waals surface area (Å²) in [6.07, 6.45) is 34.0. The van der Waals surface area contributed by atoms with Crippen LogP contribution in [0.25, 0.3) is 0 Å². The topological polar surface area (TPSA) is 0 Å². The zero-order valence-corrected chi connectivity index (χ0v) is 31.2. The smallest absolute Gasteiger partial charge is 0 e. The summed E-state index contributed by atoms with van der Waals surface area (Å²) in [5.74, 6) is 5.68. The van der Waals surface area contributed by atoms with Crippen LogP contribution < -0.4 is 0 Å². The van der Waals surface area contributed by atoms with Crippen molar-refractivity contribution in [3.05, 3.63) is 141 Å². The minimum atomic E-state index is 0. The van der Waals surface area contributed by atoms with Gasteiger partial charge in [-0.2, -0.15) is 0 Å². The molecular formula is C38H58Yb2-2. The molecule has 0 atom stereocenters. The SMILES string of the molecule is CC(C)(C)[C]1[CH][CH][CH][CH]1.CC(C)(C)[C]1[CH][CH][CH][CH]1.CC(C)(C)[C]1[CH][CH][CH][CH]1.CC(C)(C)[C]1[CH][CH][CH][CH]1.[CH3-].[CH3-].[Yb].[Yb]. The third kappa shape index (κ3) is 21.7. The van der Waals surface area contributed by atoms with Crippen LogP contribution in [0.15, 0.2) is 0 Å². The van der Waals surface area contributed by atoms with E-state index in [1.807, 2.05) is 0 Å². The summed E-state index contributed by atoms with van der Waals surface area (Å²) in [7, 11) is 0. The summed E-state index contributed by atoms with van der Waals surface area (Å²) in [5.41, 5.74) is 1.29. The van der Waals surface area contributed by atoms with E-state index in [0.29, 0.717) is 21.7 Å². The molecule has 0 spiro atoms. The molecule has 0 saturated heterocycles. The third-order valence-electron chi connectivity index (χ3n) is 6.11. The van der Waals surface area contributed by atoms with Crippen LogP contribution in [0.3, 0.4) is 0 Å². The van der Waals surface area contributed by atoms with Crippen molar-refractivity contribution in [3.8, 4) is 0 Å². The fourth-order valence-electron chi connectivity index (χ4n) is 3.50. The Morgan fingerprint density at radius 2 is 0.375 bits per heavy atom. The van der Waals surface area contributed by atoms with Crippen LogP contribution in [-0.2, 0) is 0 Å². The molecule has 240 valence electrons. The van der Waals surface area contributed by atoms with E-state index < -0.39 is 0 Å². The van der Waals surface area contributed by atoms with E-state index in [4.69, 9.17) is 0 Å². The van der Waals surface area contributed by atoms with Gasteiger partial charge in [0, 0.05) is 93.8 Å². The van der Waals surface area contributed by atoms with Gasteiger partial charge < -0.3 is 14.9 Å². The molecule has 40 heavy (non-hydrogen) atoms. The molecule has 2 heteroatoms. The number of hydrogen-bond acceptors (Lipinski definition) is 0. The number of rotatable bonds is 0. The molecule has 4 fully saturated rings.